The van der Waals surface area contributed by atoms with Gasteiger partial charge in [0.1, 0.15) is 11.8 Å². The maximum atomic E-state index is 12.0. The van der Waals surface area contributed by atoms with Gasteiger partial charge in [0, 0.05) is 26.2 Å². The lowest BCUT2D eigenvalue weighted by molar-refractivity contribution is -0.123. The SMILES string of the molecule is NC(=O)C1CN(c2ccccc2O)CCN1C[CH]CC1CCCCC1. The molecule has 137 valence electrons. The fourth-order valence-electron chi connectivity index (χ4n) is 4.16. The molecule has 1 saturated heterocycles. The Morgan fingerprint density at radius 1 is 1.20 bits per heavy atom. The zero-order valence-corrected chi connectivity index (χ0v) is 14.9. The van der Waals surface area contributed by atoms with Crippen molar-refractivity contribution in [2.45, 2.75) is 44.6 Å². The van der Waals surface area contributed by atoms with E-state index in [1.807, 2.05) is 12.1 Å². The number of phenols is 1. The number of piperazine rings is 1. The molecule has 0 aromatic heterocycles. The van der Waals surface area contributed by atoms with Gasteiger partial charge in [-0.2, -0.15) is 0 Å². The van der Waals surface area contributed by atoms with Crippen LogP contribution in [-0.2, 0) is 4.79 Å². The van der Waals surface area contributed by atoms with Gasteiger partial charge in [0.05, 0.1) is 5.69 Å². The van der Waals surface area contributed by atoms with E-state index in [1.54, 1.807) is 12.1 Å². The van der Waals surface area contributed by atoms with E-state index in [0.717, 1.165) is 37.7 Å². The number of para-hydroxylation sites is 2. The molecule has 25 heavy (non-hydrogen) atoms. The first-order chi connectivity index (χ1) is 12.1. The van der Waals surface area contributed by atoms with Gasteiger partial charge < -0.3 is 15.7 Å². The normalized spacial score (nSPS) is 22.9. The maximum absolute atomic E-state index is 12.0. The van der Waals surface area contributed by atoms with Gasteiger partial charge in [0.2, 0.25) is 5.91 Å². The number of phenolic OH excluding ortho intramolecular Hbond substituents is 1. The zero-order valence-electron chi connectivity index (χ0n) is 14.9. The number of amides is 1. The van der Waals surface area contributed by atoms with Crippen LogP contribution in [0, 0.1) is 12.3 Å². The molecule has 1 saturated carbocycles. The van der Waals surface area contributed by atoms with Gasteiger partial charge in [-0.3, -0.25) is 9.69 Å². The molecule has 1 radical (unpaired) electrons. The molecule has 1 amide bonds. The average molecular weight is 344 g/mol. The van der Waals surface area contributed by atoms with Crippen molar-refractivity contribution >= 4 is 11.6 Å². The van der Waals surface area contributed by atoms with Crippen LogP contribution in [0.3, 0.4) is 0 Å². The zero-order chi connectivity index (χ0) is 17.6. The van der Waals surface area contributed by atoms with Crippen LogP contribution >= 0.6 is 0 Å². The Morgan fingerprint density at radius 2 is 1.96 bits per heavy atom. The van der Waals surface area contributed by atoms with Crippen LogP contribution in [0.1, 0.15) is 38.5 Å². The number of aromatic hydroxyl groups is 1. The molecule has 5 nitrogen and oxygen atoms in total. The Kier molecular flexibility index (Phi) is 6.19. The maximum Gasteiger partial charge on any atom is 0.236 e. The van der Waals surface area contributed by atoms with Crippen LogP contribution in [0.4, 0.5) is 5.69 Å². The van der Waals surface area contributed by atoms with E-state index >= 15 is 0 Å². The second kappa shape index (κ2) is 8.56. The Balaban J connectivity index is 1.54. The first-order valence-corrected chi connectivity index (χ1v) is 9.53. The second-order valence-corrected chi connectivity index (χ2v) is 7.38. The minimum Gasteiger partial charge on any atom is -0.506 e. The fraction of sp³-hybridized carbons (Fsp3) is 0.600. The van der Waals surface area contributed by atoms with Gasteiger partial charge in [-0.1, -0.05) is 44.2 Å². The largest absolute Gasteiger partial charge is 0.506 e. The lowest BCUT2D eigenvalue weighted by atomic mass is 9.86. The van der Waals surface area contributed by atoms with Crippen LogP contribution in [0.15, 0.2) is 24.3 Å². The third-order valence-electron chi connectivity index (χ3n) is 5.63. The van der Waals surface area contributed by atoms with Crippen LogP contribution in [0.25, 0.3) is 0 Å². The molecular formula is C20H30N3O2. The number of benzene rings is 1. The van der Waals surface area contributed by atoms with Crippen LogP contribution in [-0.4, -0.2) is 48.1 Å². The minimum atomic E-state index is -0.309. The number of nitrogens with zero attached hydrogens (tertiary/aromatic N) is 2. The topological polar surface area (TPSA) is 69.8 Å². The lowest BCUT2D eigenvalue weighted by Crippen LogP contribution is -2.58. The number of hydrogen-bond acceptors (Lipinski definition) is 4. The molecular weight excluding hydrogens is 314 g/mol. The summed E-state index contributed by atoms with van der Waals surface area (Å²) in [5.74, 6) is 0.789. The highest BCUT2D eigenvalue weighted by Gasteiger charge is 2.31. The summed E-state index contributed by atoms with van der Waals surface area (Å²) in [6.07, 6.45) is 10.3. The van der Waals surface area contributed by atoms with Crippen molar-refractivity contribution in [3.8, 4) is 5.75 Å². The van der Waals surface area contributed by atoms with E-state index in [1.165, 1.54) is 32.1 Å². The van der Waals surface area contributed by atoms with Crippen molar-refractivity contribution in [1.29, 1.82) is 0 Å². The molecule has 1 heterocycles. The monoisotopic (exact) mass is 344 g/mol. The van der Waals surface area contributed by atoms with Gasteiger partial charge in [0.25, 0.3) is 0 Å². The van der Waals surface area contributed by atoms with Crippen molar-refractivity contribution in [1.82, 2.24) is 4.90 Å². The van der Waals surface area contributed by atoms with Crippen molar-refractivity contribution in [3.63, 3.8) is 0 Å². The predicted octanol–water partition coefficient (Wildman–Crippen LogP) is 2.54. The van der Waals surface area contributed by atoms with Gasteiger partial charge in [-0.15, -0.1) is 0 Å². The molecule has 1 aliphatic carbocycles. The average Bonchev–Trinajstić information content (AvgIpc) is 2.63. The Labute approximate surface area is 150 Å². The summed E-state index contributed by atoms with van der Waals surface area (Å²) in [5, 5.41) is 10.1. The number of nitrogens with two attached hydrogens (primary N) is 1. The molecule has 5 heteroatoms. The summed E-state index contributed by atoms with van der Waals surface area (Å²) in [6, 6.07) is 6.97. The molecule has 1 aliphatic heterocycles. The number of rotatable bonds is 6. The van der Waals surface area contributed by atoms with Crippen LogP contribution in [0.5, 0.6) is 5.75 Å². The van der Waals surface area contributed by atoms with Gasteiger partial charge >= 0.3 is 0 Å². The predicted molar refractivity (Wildman–Crippen MR) is 100 cm³/mol. The van der Waals surface area contributed by atoms with E-state index in [4.69, 9.17) is 5.73 Å². The molecule has 1 aromatic carbocycles. The Bertz CT molecular complexity index is 572. The highest BCUT2D eigenvalue weighted by molar-refractivity contribution is 5.81. The van der Waals surface area contributed by atoms with Crippen molar-refractivity contribution in [2.75, 3.05) is 31.1 Å². The Morgan fingerprint density at radius 3 is 2.68 bits per heavy atom. The summed E-state index contributed by atoms with van der Waals surface area (Å²) < 4.78 is 0. The molecule has 0 bridgehead atoms. The third-order valence-corrected chi connectivity index (χ3v) is 5.63. The first kappa shape index (κ1) is 18.1. The summed E-state index contributed by atoms with van der Waals surface area (Å²) in [4.78, 5) is 16.2. The highest BCUT2D eigenvalue weighted by atomic mass is 16.3. The Hall–Kier alpha value is -1.75. The number of anilines is 1. The highest BCUT2D eigenvalue weighted by Crippen LogP contribution is 2.29. The van der Waals surface area contributed by atoms with E-state index in [2.05, 4.69) is 16.2 Å². The fourth-order valence-corrected chi connectivity index (χ4v) is 4.16. The second-order valence-electron chi connectivity index (χ2n) is 7.38. The van der Waals surface area contributed by atoms with Crippen molar-refractivity contribution in [2.24, 2.45) is 11.7 Å². The van der Waals surface area contributed by atoms with Gasteiger partial charge in [-0.25, -0.2) is 0 Å². The molecule has 3 N–H and O–H groups in total. The summed E-state index contributed by atoms with van der Waals surface area (Å²) in [6.45, 7) is 2.92. The number of hydrogen-bond donors (Lipinski definition) is 2. The van der Waals surface area contributed by atoms with E-state index in [-0.39, 0.29) is 17.7 Å². The van der Waals surface area contributed by atoms with Crippen molar-refractivity contribution in [3.05, 3.63) is 30.7 Å². The molecule has 2 fully saturated rings. The van der Waals surface area contributed by atoms with E-state index < -0.39 is 0 Å². The summed E-state index contributed by atoms with van der Waals surface area (Å²) in [5.41, 5.74) is 6.44. The molecule has 2 aliphatic rings. The molecule has 3 rings (SSSR count). The van der Waals surface area contributed by atoms with Crippen molar-refractivity contribution < 1.29 is 9.90 Å². The first-order valence-electron chi connectivity index (χ1n) is 9.53. The lowest BCUT2D eigenvalue weighted by Gasteiger charge is -2.41. The standard InChI is InChI=1S/C20H30N3O2/c21-20(25)18-15-23(17-10-4-5-11-19(17)24)14-13-22(18)12-6-9-16-7-2-1-3-8-16/h4-6,10-11,16,18,24H,1-3,7-9,12-15H2,(H2,21,25). The number of carbonyl (C=O) groups excluding carboxylic acids is 1. The quantitative estimate of drug-likeness (QED) is 0.832. The smallest absolute Gasteiger partial charge is 0.236 e. The van der Waals surface area contributed by atoms with Crippen LogP contribution in [0.2, 0.25) is 0 Å². The number of primary amides is 1. The number of carbonyl (C=O) groups is 1. The van der Waals surface area contributed by atoms with Gasteiger partial charge in [-0.05, 0) is 30.9 Å². The molecule has 0 spiro atoms. The summed E-state index contributed by atoms with van der Waals surface area (Å²) in [7, 11) is 0. The van der Waals surface area contributed by atoms with E-state index in [0.29, 0.717) is 6.54 Å². The molecule has 1 aromatic rings. The molecule has 1 unspecified atom stereocenters. The van der Waals surface area contributed by atoms with E-state index in [9.17, 15) is 9.90 Å². The molecule has 1 atom stereocenters. The summed E-state index contributed by atoms with van der Waals surface area (Å²) >= 11 is 0. The third kappa shape index (κ3) is 4.66. The van der Waals surface area contributed by atoms with Crippen LogP contribution < -0.4 is 10.6 Å². The van der Waals surface area contributed by atoms with Gasteiger partial charge in [0.15, 0.2) is 0 Å². The minimum absolute atomic E-state index is 0.253.